The maximum absolute atomic E-state index is 12.9. The molecule has 1 aliphatic rings. The van der Waals surface area contributed by atoms with Crippen LogP contribution in [0, 0.1) is 6.92 Å². The molecule has 0 amide bonds. The van der Waals surface area contributed by atoms with Gasteiger partial charge in [-0.3, -0.25) is 9.69 Å². The Morgan fingerprint density at radius 3 is 2.69 bits per heavy atom. The lowest BCUT2D eigenvalue weighted by Crippen LogP contribution is -2.35. The second-order valence-corrected chi connectivity index (χ2v) is 8.40. The van der Waals surface area contributed by atoms with Gasteiger partial charge in [0.1, 0.15) is 17.1 Å². The molecule has 0 aliphatic carbocycles. The Hall–Kier alpha value is -2.89. The summed E-state index contributed by atoms with van der Waals surface area (Å²) >= 11 is 0. The number of nitrogens with zero attached hydrogens (tertiary/aromatic N) is 1. The first-order valence-electron chi connectivity index (χ1n) is 11.4. The molecule has 1 saturated heterocycles. The van der Waals surface area contributed by atoms with Crippen LogP contribution in [0.4, 0.5) is 0 Å². The molecule has 1 fully saturated rings. The predicted octanol–water partition coefficient (Wildman–Crippen LogP) is 4.94. The van der Waals surface area contributed by atoms with Gasteiger partial charge in [-0.2, -0.15) is 0 Å². The molecule has 1 aliphatic heterocycles. The number of ether oxygens (including phenoxy) is 1. The lowest BCUT2D eigenvalue weighted by molar-refractivity contribution is 0.0880. The van der Waals surface area contributed by atoms with E-state index in [1.54, 1.807) is 13.0 Å². The van der Waals surface area contributed by atoms with Crippen molar-refractivity contribution < 1.29 is 14.3 Å². The van der Waals surface area contributed by atoms with Crippen molar-refractivity contribution in [2.75, 3.05) is 26.2 Å². The van der Waals surface area contributed by atoms with E-state index in [2.05, 4.69) is 17.1 Å². The largest absolute Gasteiger partial charge is 0.494 e. The van der Waals surface area contributed by atoms with Crippen molar-refractivity contribution in [2.45, 2.75) is 38.7 Å². The van der Waals surface area contributed by atoms with Gasteiger partial charge in [0.15, 0.2) is 5.43 Å². The summed E-state index contributed by atoms with van der Waals surface area (Å²) < 4.78 is 11.9. The van der Waals surface area contributed by atoms with Crippen LogP contribution in [0.25, 0.3) is 22.3 Å². The van der Waals surface area contributed by atoms with E-state index in [0.717, 1.165) is 50.9 Å². The van der Waals surface area contributed by atoms with Crippen LogP contribution in [0.1, 0.15) is 31.2 Å². The summed E-state index contributed by atoms with van der Waals surface area (Å²) in [5.74, 6) is 1.30. The fourth-order valence-electron chi connectivity index (χ4n) is 4.06. The summed E-state index contributed by atoms with van der Waals surface area (Å²) in [6.07, 6.45) is 7.88. The Balaban J connectivity index is 1.31. The Labute approximate surface area is 188 Å². The SMILES string of the molecule is Cc1c(-c2ccccc2)oc2ccc(OCCCC=CCN3CCC(O)CC3)cc2c1=O. The first-order valence-corrected chi connectivity index (χ1v) is 11.4. The van der Waals surface area contributed by atoms with E-state index in [1.165, 1.54) is 0 Å². The number of likely N-dealkylation sites (tertiary alicyclic amines) is 1. The molecule has 0 bridgehead atoms. The molecule has 0 atom stereocenters. The third-order valence-corrected chi connectivity index (χ3v) is 6.00. The molecular weight excluding hydrogens is 402 g/mol. The standard InChI is InChI=1S/C27H31NO4/c1-20-26(30)24-19-23(11-12-25(24)32-27(20)21-9-5-4-6-10-21)31-18-8-3-2-7-15-28-16-13-22(29)14-17-28/h2,4-7,9-12,19,22,29H,3,8,13-18H2,1H3. The molecule has 0 spiro atoms. The van der Waals surface area contributed by atoms with Crippen LogP contribution in [0.3, 0.4) is 0 Å². The molecule has 3 aromatic rings. The molecule has 4 rings (SSSR count). The number of benzene rings is 2. The molecular formula is C27H31NO4. The topological polar surface area (TPSA) is 62.9 Å². The minimum Gasteiger partial charge on any atom is -0.494 e. The summed E-state index contributed by atoms with van der Waals surface area (Å²) in [5.41, 5.74) is 2.05. The van der Waals surface area contributed by atoms with E-state index in [0.29, 0.717) is 34.6 Å². The van der Waals surface area contributed by atoms with Crippen LogP contribution in [-0.4, -0.2) is 42.4 Å². The molecule has 0 saturated carbocycles. The molecule has 168 valence electrons. The van der Waals surface area contributed by atoms with E-state index in [9.17, 15) is 9.90 Å². The number of unbranched alkanes of at least 4 members (excludes halogenated alkanes) is 1. The van der Waals surface area contributed by atoms with E-state index in [-0.39, 0.29) is 11.5 Å². The zero-order valence-electron chi connectivity index (χ0n) is 18.6. The first kappa shape index (κ1) is 22.3. The monoisotopic (exact) mass is 433 g/mol. The van der Waals surface area contributed by atoms with Crippen molar-refractivity contribution in [3.8, 4) is 17.1 Å². The molecule has 2 heterocycles. The van der Waals surface area contributed by atoms with Gasteiger partial charge in [-0.15, -0.1) is 0 Å². The van der Waals surface area contributed by atoms with Crippen molar-refractivity contribution in [1.29, 1.82) is 0 Å². The Kier molecular flexibility index (Phi) is 7.40. The summed E-state index contributed by atoms with van der Waals surface area (Å²) in [7, 11) is 0. The maximum Gasteiger partial charge on any atom is 0.196 e. The Morgan fingerprint density at radius 1 is 1.12 bits per heavy atom. The van der Waals surface area contributed by atoms with E-state index in [4.69, 9.17) is 9.15 Å². The summed E-state index contributed by atoms with van der Waals surface area (Å²) in [5, 5.41) is 10.1. The van der Waals surface area contributed by atoms with E-state index >= 15 is 0 Å². The molecule has 1 aromatic heterocycles. The van der Waals surface area contributed by atoms with Gasteiger partial charge in [-0.05, 0) is 50.8 Å². The van der Waals surface area contributed by atoms with Gasteiger partial charge in [0.2, 0.25) is 0 Å². The van der Waals surface area contributed by atoms with Crippen LogP contribution in [-0.2, 0) is 0 Å². The Bertz CT molecular complexity index is 1110. The fraction of sp³-hybridized carbons (Fsp3) is 0.370. The van der Waals surface area contributed by atoms with Crippen LogP contribution in [0.15, 0.2) is 69.9 Å². The van der Waals surface area contributed by atoms with Gasteiger partial charge in [-0.25, -0.2) is 0 Å². The molecule has 0 unspecified atom stereocenters. The fourth-order valence-corrected chi connectivity index (χ4v) is 4.06. The van der Waals surface area contributed by atoms with Gasteiger partial charge in [0.25, 0.3) is 0 Å². The van der Waals surface area contributed by atoms with Crippen molar-refractivity contribution in [3.05, 3.63) is 76.5 Å². The lowest BCUT2D eigenvalue weighted by atomic mass is 10.1. The maximum atomic E-state index is 12.9. The average Bonchev–Trinajstić information content (AvgIpc) is 2.82. The number of aliphatic hydroxyl groups is 1. The van der Waals surface area contributed by atoms with Gasteiger partial charge in [-0.1, -0.05) is 42.5 Å². The first-order chi connectivity index (χ1) is 15.6. The number of rotatable bonds is 8. The van der Waals surface area contributed by atoms with Gasteiger partial charge in [0, 0.05) is 30.8 Å². The van der Waals surface area contributed by atoms with Gasteiger partial charge >= 0.3 is 0 Å². The number of allylic oxidation sites excluding steroid dienone is 1. The zero-order chi connectivity index (χ0) is 22.3. The second kappa shape index (κ2) is 10.6. The molecule has 32 heavy (non-hydrogen) atoms. The van der Waals surface area contributed by atoms with Crippen molar-refractivity contribution >= 4 is 11.0 Å². The van der Waals surface area contributed by atoms with Gasteiger partial charge < -0.3 is 14.3 Å². The van der Waals surface area contributed by atoms with E-state index in [1.807, 2.05) is 42.5 Å². The number of hydrogen-bond acceptors (Lipinski definition) is 5. The highest BCUT2D eigenvalue weighted by Crippen LogP contribution is 2.27. The average molecular weight is 434 g/mol. The Morgan fingerprint density at radius 2 is 1.91 bits per heavy atom. The molecule has 1 N–H and O–H groups in total. The normalized spacial score (nSPS) is 15.6. The summed E-state index contributed by atoms with van der Waals surface area (Å²) in [6, 6.07) is 15.2. The second-order valence-electron chi connectivity index (χ2n) is 8.40. The number of hydrogen-bond donors (Lipinski definition) is 1. The third kappa shape index (κ3) is 5.47. The molecule has 5 heteroatoms. The van der Waals surface area contributed by atoms with Gasteiger partial charge in [0.05, 0.1) is 18.1 Å². The van der Waals surface area contributed by atoms with Crippen molar-refractivity contribution in [3.63, 3.8) is 0 Å². The molecule has 0 radical (unpaired) electrons. The number of piperidine rings is 1. The third-order valence-electron chi connectivity index (χ3n) is 6.00. The number of aliphatic hydroxyl groups excluding tert-OH is 1. The minimum absolute atomic E-state index is 0.0243. The quantitative estimate of drug-likeness (QED) is 0.403. The van der Waals surface area contributed by atoms with Crippen LogP contribution >= 0.6 is 0 Å². The van der Waals surface area contributed by atoms with Crippen LogP contribution < -0.4 is 10.2 Å². The summed E-state index contributed by atoms with van der Waals surface area (Å²) in [6.45, 7) is 5.28. The molecule has 5 nitrogen and oxygen atoms in total. The van der Waals surface area contributed by atoms with Crippen molar-refractivity contribution in [1.82, 2.24) is 4.90 Å². The minimum atomic E-state index is -0.122. The smallest absolute Gasteiger partial charge is 0.196 e. The van der Waals surface area contributed by atoms with Crippen LogP contribution in [0.2, 0.25) is 0 Å². The molecule has 2 aromatic carbocycles. The zero-order valence-corrected chi connectivity index (χ0v) is 18.6. The lowest BCUT2D eigenvalue weighted by Gasteiger charge is -2.28. The predicted molar refractivity (Wildman–Crippen MR) is 128 cm³/mol. The highest BCUT2D eigenvalue weighted by atomic mass is 16.5. The highest BCUT2D eigenvalue weighted by Gasteiger charge is 2.15. The van der Waals surface area contributed by atoms with Crippen molar-refractivity contribution in [2.24, 2.45) is 0 Å². The highest BCUT2D eigenvalue weighted by molar-refractivity contribution is 5.81. The number of fused-ring (bicyclic) bond motifs is 1. The summed E-state index contributed by atoms with van der Waals surface area (Å²) in [4.78, 5) is 15.3. The van der Waals surface area contributed by atoms with E-state index < -0.39 is 0 Å². The van der Waals surface area contributed by atoms with Crippen LogP contribution in [0.5, 0.6) is 5.75 Å².